The van der Waals surface area contributed by atoms with Crippen LogP contribution in [-0.4, -0.2) is 111 Å². The van der Waals surface area contributed by atoms with E-state index in [1.54, 1.807) is 20.5 Å². The van der Waals surface area contributed by atoms with Crippen molar-refractivity contribution in [2.45, 2.75) is 44.8 Å². The van der Waals surface area contributed by atoms with E-state index in [2.05, 4.69) is 20.3 Å². The molecule has 0 radical (unpaired) electrons. The lowest BCUT2D eigenvalue weighted by molar-refractivity contribution is -0.131. The Hall–Kier alpha value is -5.29. The fourth-order valence-electron chi connectivity index (χ4n) is 7.28. The number of hydrogen-bond acceptors (Lipinski definition) is 10. The third kappa shape index (κ3) is 8.04. The second kappa shape index (κ2) is 15.7. The van der Waals surface area contributed by atoms with Crippen LogP contribution in [0.2, 0.25) is 0 Å². The molecule has 2 amide bonds. The van der Waals surface area contributed by atoms with Crippen molar-refractivity contribution >= 4 is 29.2 Å². The number of pyridine rings is 1. The quantitative estimate of drug-likeness (QED) is 0.268. The minimum atomic E-state index is -0.510. The Morgan fingerprint density at radius 3 is 2.51 bits per heavy atom. The van der Waals surface area contributed by atoms with Crippen molar-refractivity contribution in [2.75, 3.05) is 69.1 Å². The van der Waals surface area contributed by atoms with Crippen LogP contribution < -0.4 is 10.2 Å². The second-order valence-electron chi connectivity index (χ2n) is 13.5. The molecule has 3 aliphatic rings. The van der Waals surface area contributed by atoms with Crippen LogP contribution in [0.3, 0.4) is 0 Å². The summed E-state index contributed by atoms with van der Waals surface area (Å²) in [7, 11) is 0. The normalized spacial score (nSPS) is 18.8. The maximum atomic E-state index is 16.4. The number of likely N-dealkylation sites (tertiary alicyclic amines) is 1. The summed E-state index contributed by atoms with van der Waals surface area (Å²) in [4.78, 5) is 42.4. The Balaban J connectivity index is 0.998. The van der Waals surface area contributed by atoms with E-state index in [-0.39, 0.29) is 42.7 Å². The molecule has 0 saturated carbocycles. The van der Waals surface area contributed by atoms with Crippen molar-refractivity contribution in [3.63, 3.8) is 0 Å². The van der Waals surface area contributed by atoms with Crippen molar-refractivity contribution in [3.8, 4) is 17.5 Å². The number of anilines is 2. The number of rotatable bonds is 9. The van der Waals surface area contributed by atoms with Crippen molar-refractivity contribution < 1.29 is 18.7 Å². The van der Waals surface area contributed by atoms with Gasteiger partial charge in [-0.3, -0.25) is 9.69 Å². The number of ether oxygens (including phenoxy) is 1. The topological polar surface area (TPSA) is 135 Å². The summed E-state index contributed by atoms with van der Waals surface area (Å²) in [6, 6.07) is 17.2. The average molecular weight is 695 g/mol. The number of carbonyl (C=O) groups is 2. The van der Waals surface area contributed by atoms with Gasteiger partial charge in [-0.25, -0.2) is 19.3 Å². The Labute approximate surface area is 296 Å². The van der Waals surface area contributed by atoms with Gasteiger partial charge in [0.15, 0.2) is 17.5 Å². The van der Waals surface area contributed by atoms with Crippen molar-refractivity contribution in [1.82, 2.24) is 34.3 Å². The average Bonchev–Trinajstić information content (AvgIpc) is 3.60. The van der Waals surface area contributed by atoms with Crippen LogP contribution in [0, 0.1) is 23.1 Å². The maximum absolute atomic E-state index is 16.4. The van der Waals surface area contributed by atoms with Crippen LogP contribution in [0.1, 0.15) is 37.7 Å². The SMILES string of the molecule is N#CCC(=O)N1CCC[C@@H](Nc2nc(-c3cnn4ccccc34)nc(N3CCC(CN4CCN(C(=O)OCc5ccccc5)CC4)CC3)c2F)C1. The Morgan fingerprint density at radius 1 is 0.941 bits per heavy atom. The van der Waals surface area contributed by atoms with Gasteiger partial charge < -0.3 is 24.8 Å². The third-order valence-electron chi connectivity index (χ3n) is 10.1. The minimum absolute atomic E-state index is 0.104. The van der Waals surface area contributed by atoms with Gasteiger partial charge in [-0.05, 0) is 49.3 Å². The largest absolute Gasteiger partial charge is 0.445 e. The van der Waals surface area contributed by atoms with Gasteiger partial charge in [-0.1, -0.05) is 36.4 Å². The molecule has 6 heterocycles. The van der Waals surface area contributed by atoms with E-state index < -0.39 is 5.82 Å². The van der Waals surface area contributed by atoms with E-state index in [0.717, 1.165) is 56.4 Å². The van der Waals surface area contributed by atoms with Crippen molar-refractivity contribution in [3.05, 3.63) is 72.3 Å². The van der Waals surface area contributed by atoms with Gasteiger partial charge in [-0.2, -0.15) is 14.8 Å². The number of benzene rings is 1. The number of fused-ring (bicyclic) bond motifs is 1. The molecule has 0 bridgehead atoms. The highest BCUT2D eigenvalue weighted by molar-refractivity contribution is 5.79. The number of nitrogens with zero attached hydrogens (tertiary/aromatic N) is 9. The highest BCUT2D eigenvalue weighted by Crippen LogP contribution is 2.32. The molecular formula is C37H43FN10O3. The molecule has 7 rings (SSSR count). The first-order valence-corrected chi connectivity index (χ1v) is 17.8. The monoisotopic (exact) mass is 694 g/mol. The Bertz CT molecular complexity index is 1870. The molecule has 4 aromatic rings. The van der Waals surface area contributed by atoms with E-state index in [1.165, 1.54) is 0 Å². The fraction of sp³-hybridized carbons (Fsp3) is 0.459. The lowest BCUT2D eigenvalue weighted by Crippen LogP contribution is -2.50. The van der Waals surface area contributed by atoms with Gasteiger partial charge in [0.05, 0.1) is 23.3 Å². The fourth-order valence-corrected chi connectivity index (χ4v) is 7.28. The van der Waals surface area contributed by atoms with Gasteiger partial charge >= 0.3 is 6.09 Å². The van der Waals surface area contributed by atoms with E-state index in [1.807, 2.05) is 65.7 Å². The first kappa shape index (κ1) is 34.2. The van der Waals surface area contributed by atoms with Crippen LogP contribution in [0.15, 0.2) is 60.9 Å². The van der Waals surface area contributed by atoms with Crippen LogP contribution in [0.5, 0.6) is 0 Å². The zero-order valence-electron chi connectivity index (χ0n) is 28.7. The molecule has 3 aliphatic heterocycles. The molecule has 1 aromatic carbocycles. The molecule has 51 heavy (non-hydrogen) atoms. The molecule has 3 aromatic heterocycles. The number of nitrogens with one attached hydrogen (secondary N) is 1. The predicted octanol–water partition coefficient (Wildman–Crippen LogP) is 4.42. The maximum Gasteiger partial charge on any atom is 0.410 e. The molecule has 0 unspecified atom stereocenters. The molecule has 0 spiro atoms. The lowest BCUT2D eigenvalue weighted by atomic mass is 9.96. The highest BCUT2D eigenvalue weighted by Gasteiger charge is 2.31. The third-order valence-corrected chi connectivity index (χ3v) is 10.1. The van der Waals surface area contributed by atoms with E-state index in [0.29, 0.717) is 56.6 Å². The first-order valence-electron chi connectivity index (χ1n) is 17.8. The number of carbonyl (C=O) groups excluding carboxylic acids is 2. The lowest BCUT2D eigenvalue weighted by Gasteiger charge is -2.39. The summed E-state index contributed by atoms with van der Waals surface area (Å²) < 4.78 is 23.7. The summed E-state index contributed by atoms with van der Waals surface area (Å²) in [5.41, 5.74) is 2.49. The van der Waals surface area contributed by atoms with Gasteiger partial charge in [-0.15, -0.1) is 0 Å². The summed E-state index contributed by atoms with van der Waals surface area (Å²) in [6.45, 7) is 6.30. The molecule has 3 saturated heterocycles. The summed E-state index contributed by atoms with van der Waals surface area (Å²) in [6.07, 6.45) is 6.36. The number of halogens is 1. The Morgan fingerprint density at radius 2 is 1.73 bits per heavy atom. The standard InChI is InChI=1S/C37H43FN10O3/c38-33-35(41-29-9-6-15-47(25-29)32(49)11-14-39)42-34(30-23-40-48-16-5-4-10-31(30)48)43-36(33)45-17-12-27(13-18-45)24-44-19-21-46(22-20-44)37(50)51-26-28-7-2-1-3-8-28/h1-5,7-8,10,16,23,27,29H,6,9,11-13,15,17-22,24-26H2,(H,41,42,43)/t29-/m1/s1. The minimum Gasteiger partial charge on any atom is -0.445 e. The molecule has 14 heteroatoms. The molecule has 0 aliphatic carbocycles. The number of hydrogen-bond donors (Lipinski definition) is 1. The van der Waals surface area contributed by atoms with E-state index in [9.17, 15) is 9.59 Å². The smallest absolute Gasteiger partial charge is 0.410 e. The number of piperidine rings is 2. The van der Waals surface area contributed by atoms with Gasteiger partial charge in [0, 0.05) is 71.1 Å². The molecule has 3 fully saturated rings. The van der Waals surface area contributed by atoms with Crippen molar-refractivity contribution in [1.29, 1.82) is 5.26 Å². The molecule has 1 atom stereocenters. The predicted molar refractivity (Wildman–Crippen MR) is 189 cm³/mol. The van der Waals surface area contributed by atoms with Gasteiger partial charge in [0.1, 0.15) is 13.0 Å². The summed E-state index contributed by atoms with van der Waals surface area (Å²) >= 11 is 0. The first-order chi connectivity index (χ1) is 24.9. The van der Waals surface area contributed by atoms with Crippen molar-refractivity contribution in [2.24, 2.45) is 5.92 Å². The Kier molecular flexibility index (Phi) is 10.5. The zero-order chi connectivity index (χ0) is 35.2. The number of nitriles is 1. The van der Waals surface area contributed by atoms with Crippen LogP contribution in [0.25, 0.3) is 16.9 Å². The number of piperazine rings is 1. The summed E-state index contributed by atoms with van der Waals surface area (Å²) in [5.74, 6) is 0.457. The van der Waals surface area contributed by atoms with E-state index >= 15 is 4.39 Å². The molecule has 1 N–H and O–H groups in total. The molecule has 13 nitrogen and oxygen atoms in total. The number of amides is 2. The molecule has 266 valence electrons. The van der Waals surface area contributed by atoms with Crippen LogP contribution in [-0.2, 0) is 16.1 Å². The number of aromatic nitrogens is 4. The van der Waals surface area contributed by atoms with E-state index in [4.69, 9.17) is 15.0 Å². The summed E-state index contributed by atoms with van der Waals surface area (Å²) in [5, 5.41) is 16.8. The highest BCUT2D eigenvalue weighted by atomic mass is 19.1. The van der Waals surface area contributed by atoms with Crippen LogP contribution in [0.4, 0.5) is 20.8 Å². The second-order valence-corrected chi connectivity index (χ2v) is 13.5. The zero-order valence-corrected chi connectivity index (χ0v) is 28.7. The molecular weight excluding hydrogens is 651 g/mol. The van der Waals surface area contributed by atoms with Gasteiger partial charge in [0.2, 0.25) is 11.7 Å². The van der Waals surface area contributed by atoms with Crippen LogP contribution >= 0.6 is 0 Å². The van der Waals surface area contributed by atoms with Gasteiger partial charge in [0.25, 0.3) is 0 Å².